The molecule has 2 aromatic carbocycles. The number of anilines is 1. The first-order valence-corrected chi connectivity index (χ1v) is 9.35. The van der Waals surface area contributed by atoms with Crippen LogP contribution in [0.4, 0.5) is 5.69 Å². The molecule has 0 saturated carbocycles. The lowest BCUT2D eigenvalue weighted by atomic mass is 10.2. The number of ether oxygens (including phenoxy) is 1. The Bertz CT molecular complexity index is 778. The molecular weight excluding hydrogens is 354 g/mol. The van der Waals surface area contributed by atoms with Gasteiger partial charge in [-0.05, 0) is 38.6 Å². The molecule has 0 fully saturated rings. The third-order valence-corrected chi connectivity index (χ3v) is 4.31. The second kappa shape index (κ2) is 10.5. The molecule has 0 spiro atoms. The minimum absolute atomic E-state index is 0.00414. The minimum Gasteiger partial charge on any atom is -0.497 e. The van der Waals surface area contributed by atoms with Crippen molar-refractivity contribution in [3.63, 3.8) is 0 Å². The Labute approximate surface area is 167 Å². The van der Waals surface area contributed by atoms with Crippen LogP contribution in [0, 0.1) is 0 Å². The predicted molar refractivity (Wildman–Crippen MR) is 111 cm³/mol. The van der Waals surface area contributed by atoms with E-state index in [0.29, 0.717) is 18.0 Å². The van der Waals surface area contributed by atoms with Crippen LogP contribution in [0.3, 0.4) is 0 Å². The largest absolute Gasteiger partial charge is 0.497 e. The minimum atomic E-state index is -0.178. The Morgan fingerprint density at radius 2 is 1.75 bits per heavy atom. The second-order valence-electron chi connectivity index (χ2n) is 7.05. The van der Waals surface area contributed by atoms with Gasteiger partial charge >= 0.3 is 0 Å². The predicted octanol–water partition coefficient (Wildman–Crippen LogP) is 3.00. The van der Waals surface area contributed by atoms with Crippen LogP contribution in [-0.2, 0) is 16.1 Å². The molecule has 0 saturated heterocycles. The van der Waals surface area contributed by atoms with E-state index in [9.17, 15) is 9.59 Å². The summed E-state index contributed by atoms with van der Waals surface area (Å²) in [6.45, 7) is 4.85. The highest BCUT2D eigenvalue weighted by Crippen LogP contribution is 2.16. The van der Waals surface area contributed by atoms with E-state index in [0.717, 1.165) is 5.56 Å². The summed E-state index contributed by atoms with van der Waals surface area (Å²) in [5, 5.41) is 2.83. The Balaban J connectivity index is 1.89. The smallest absolute Gasteiger partial charge is 0.238 e. The number of benzene rings is 2. The summed E-state index contributed by atoms with van der Waals surface area (Å²) >= 11 is 0. The van der Waals surface area contributed by atoms with Crippen molar-refractivity contribution in [2.24, 2.45) is 0 Å². The van der Waals surface area contributed by atoms with Crippen LogP contribution in [-0.4, -0.2) is 54.9 Å². The molecule has 0 aliphatic carbocycles. The SMILES string of the molecule is COc1cccc(NC(=O)CN(C)CC(=O)N(Cc2ccccc2)C(C)C)c1. The number of carbonyl (C=O) groups is 2. The molecule has 150 valence electrons. The molecule has 0 atom stereocenters. The van der Waals surface area contributed by atoms with E-state index in [2.05, 4.69) is 5.32 Å². The molecule has 0 bridgehead atoms. The lowest BCUT2D eigenvalue weighted by Gasteiger charge is -2.29. The van der Waals surface area contributed by atoms with Gasteiger partial charge in [0, 0.05) is 24.3 Å². The Hall–Kier alpha value is -2.86. The first-order chi connectivity index (χ1) is 13.4. The Kier molecular flexibility index (Phi) is 8.02. The quantitative estimate of drug-likeness (QED) is 0.723. The molecule has 0 aliphatic rings. The molecule has 2 aromatic rings. The van der Waals surface area contributed by atoms with Crippen molar-refractivity contribution in [1.82, 2.24) is 9.80 Å². The first-order valence-electron chi connectivity index (χ1n) is 9.35. The third kappa shape index (κ3) is 6.70. The van der Waals surface area contributed by atoms with Gasteiger partial charge in [-0.25, -0.2) is 0 Å². The van der Waals surface area contributed by atoms with Crippen molar-refractivity contribution in [2.75, 3.05) is 32.6 Å². The van der Waals surface area contributed by atoms with Gasteiger partial charge in [0.25, 0.3) is 0 Å². The van der Waals surface area contributed by atoms with E-state index >= 15 is 0 Å². The average molecular weight is 383 g/mol. The monoisotopic (exact) mass is 383 g/mol. The van der Waals surface area contributed by atoms with E-state index in [-0.39, 0.29) is 30.9 Å². The zero-order valence-corrected chi connectivity index (χ0v) is 17.0. The molecule has 0 heterocycles. The average Bonchev–Trinajstić information content (AvgIpc) is 2.66. The van der Waals surface area contributed by atoms with Crippen molar-refractivity contribution in [3.05, 3.63) is 60.2 Å². The van der Waals surface area contributed by atoms with Crippen LogP contribution in [0.25, 0.3) is 0 Å². The van der Waals surface area contributed by atoms with E-state index in [1.807, 2.05) is 61.2 Å². The summed E-state index contributed by atoms with van der Waals surface area (Å²) in [5.74, 6) is 0.494. The molecule has 0 aliphatic heterocycles. The van der Waals surface area contributed by atoms with Crippen LogP contribution in [0.15, 0.2) is 54.6 Å². The van der Waals surface area contributed by atoms with Crippen LogP contribution < -0.4 is 10.1 Å². The van der Waals surface area contributed by atoms with Gasteiger partial charge < -0.3 is 15.0 Å². The van der Waals surface area contributed by atoms with Gasteiger partial charge in [-0.3, -0.25) is 14.5 Å². The number of nitrogens with one attached hydrogen (secondary N) is 1. The van der Waals surface area contributed by atoms with Crippen molar-refractivity contribution in [3.8, 4) is 5.75 Å². The number of hydrogen-bond donors (Lipinski definition) is 1. The van der Waals surface area contributed by atoms with Gasteiger partial charge in [0.1, 0.15) is 5.75 Å². The summed E-state index contributed by atoms with van der Waals surface area (Å²) in [4.78, 5) is 28.6. The van der Waals surface area contributed by atoms with Crippen LogP contribution in [0.1, 0.15) is 19.4 Å². The van der Waals surface area contributed by atoms with Crippen molar-refractivity contribution >= 4 is 17.5 Å². The van der Waals surface area contributed by atoms with E-state index in [1.165, 1.54) is 0 Å². The van der Waals surface area contributed by atoms with Crippen molar-refractivity contribution in [1.29, 1.82) is 0 Å². The molecule has 28 heavy (non-hydrogen) atoms. The highest BCUT2D eigenvalue weighted by Gasteiger charge is 2.20. The lowest BCUT2D eigenvalue weighted by Crippen LogP contribution is -2.44. The van der Waals surface area contributed by atoms with E-state index in [1.54, 1.807) is 31.2 Å². The van der Waals surface area contributed by atoms with Gasteiger partial charge in [0.15, 0.2) is 0 Å². The van der Waals surface area contributed by atoms with Crippen LogP contribution >= 0.6 is 0 Å². The summed E-state index contributed by atoms with van der Waals surface area (Å²) in [5.41, 5.74) is 1.75. The molecular formula is C22H29N3O3. The second-order valence-corrected chi connectivity index (χ2v) is 7.05. The third-order valence-electron chi connectivity index (χ3n) is 4.31. The zero-order valence-electron chi connectivity index (χ0n) is 17.0. The number of nitrogens with zero attached hydrogens (tertiary/aromatic N) is 2. The fourth-order valence-electron chi connectivity index (χ4n) is 2.86. The zero-order chi connectivity index (χ0) is 20.5. The maximum absolute atomic E-state index is 12.8. The summed E-state index contributed by atoms with van der Waals surface area (Å²) in [6.07, 6.45) is 0. The molecule has 2 amide bonds. The molecule has 1 N–H and O–H groups in total. The highest BCUT2D eigenvalue weighted by atomic mass is 16.5. The van der Waals surface area contributed by atoms with Crippen molar-refractivity contribution < 1.29 is 14.3 Å². The maximum Gasteiger partial charge on any atom is 0.238 e. The normalized spacial score (nSPS) is 10.8. The molecule has 0 aromatic heterocycles. The molecule has 0 unspecified atom stereocenters. The number of methoxy groups -OCH3 is 1. The summed E-state index contributed by atoms with van der Waals surface area (Å²) in [7, 11) is 3.35. The molecule has 2 rings (SSSR count). The molecule has 6 nitrogen and oxygen atoms in total. The van der Waals surface area contributed by atoms with E-state index < -0.39 is 0 Å². The number of likely N-dealkylation sites (N-methyl/N-ethyl adjacent to an activating group) is 1. The fraction of sp³-hybridized carbons (Fsp3) is 0.364. The number of carbonyl (C=O) groups excluding carboxylic acids is 2. The van der Waals surface area contributed by atoms with Gasteiger partial charge in [-0.2, -0.15) is 0 Å². The summed E-state index contributed by atoms with van der Waals surface area (Å²) < 4.78 is 5.16. The van der Waals surface area contributed by atoms with Gasteiger partial charge in [0.05, 0.1) is 20.2 Å². The maximum atomic E-state index is 12.8. The van der Waals surface area contributed by atoms with Crippen LogP contribution in [0.2, 0.25) is 0 Å². The van der Waals surface area contributed by atoms with Gasteiger partial charge in [-0.1, -0.05) is 36.4 Å². The van der Waals surface area contributed by atoms with E-state index in [4.69, 9.17) is 4.74 Å². The number of amides is 2. The standard InChI is InChI=1S/C22H29N3O3/c1-17(2)25(14-18-9-6-5-7-10-18)22(27)16-24(3)15-21(26)23-19-11-8-12-20(13-19)28-4/h5-13,17H,14-16H2,1-4H3,(H,23,26). The molecule has 0 radical (unpaired) electrons. The first kappa shape index (κ1) is 21.4. The number of hydrogen-bond acceptors (Lipinski definition) is 4. The van der Waals surface area contributed by atoms with Gasteiger partial charge in [0.2, 0.25) is 11.8 Å². The highest BCUT2D eigenvalue weighted by molar-refractivity contribution is 5.92. The number of rotatable bonds is 9. The summed E-state index contributed by atoms with van der Waals surface area (Å²) in [6, 6.07) is 17.2. The van der Waals surface area contributed by atoms with Crippen molar-refractivity contribution in [2.45, 2.75) is 26.4 Å². The lowest BCUT2D eigenvalue weighted by molar-refractivity contribution is -0.134. The Morgan fingerprint density at radius 3 is 2.39 bits per heavy atom. The molecule has 6 heteroatoms. The van der Waals surface area contributed by atoms with Crippen LogP contribution in [0.5, 0.6) is 5.75 Å². The van der Waals surface area contributed by atoms with Gasteiger partial charge in [-0.15, -0.1) is 0 Å². The topological polar surface area (TPSA) is 61.9 Å². The fourth-order valence-corrected chi connectivity index (χ4v) is 2.86. The Morgan fingerprint density at radius 1 is 1.04 bits per heavy atom.